The molecule has 1 N–H and O–H groups in total. The average molecular weight is 329 g/mol. The molecule has 0 aromatic heterocycles. The second-order valence-corrected chi connectivity index (χ2v) is 5.72. The summed E-state index contributed by atoms with van der Waals surface area (Å²) in [5.41, 5.74) is 0.461. The lowest BCUT2D eigenvalue weighted by molar-refractivity contribution is -0.137. The van der Waals surface area contributed by atoms with Gasteiger partial charge in [0.2, 0.25) is 0 Å². The zero-order chi connectivity index (χ0) is 17.5. The maximum Gasteiger partial charge on any atom is 0.303 e. The van der Waals surface area contributed by atoms with E-state index in [4.69, 9.17) is 5.11 Å². The monoisotopic (exact) mass is 329 g/mol. The van der Waals surface area contributed by atoms with Gasteiger partial charge in [-0.15, -0.1) is 0 Å². The molecule has 1 aliphatic carbocycles. The third-order valence-electron chi connectivity index (χ3n) is 3.98. The summed E-state index contributed by atoms with van der Waals surface area (Å²) >= 11 is 0. The van der Waals surface area contributed by atoms with Crippen LogP contribution in [0.2, 0.25) is 0 Å². The normalized spacial score (nSPS) is 21.2. The molecule has 126 valence electrons. The highest BCUT2D eigenvalue weighted by Crippen LogP contribution is 2.25. The summed E-state index contributed by atoms with van der Waals surface area (Å²) in [6, 6.07) is 8.55. The number of Topliss-reactive ketones (excluding diaryl/α,β-unsaturated/α-hetero) is 3. The first-order chi connectivity index (χ1) is 11.5. The predicted octanol–water partition coefficient (Wildman–Crippen LogP) is 1.97. The van der Waals surface area contributed by atoms with Gasteiger partial charge in [-0.1, -0.05) is 30.3 Å². The predicted molar refractivity (Wildman–Crippen MR) is 87.2 cm³/mol. The van der Waals surface area contributed by atoms with E-state index >= 15 is 0 Å². The Labute approximate surface area is 139 Å². The van der Waals surface area contributed by atoms with Gasteiger partial charge in [0.25, 0.3) is 0 Å². The van der Waals surface area contributed by atoms with Crippen LogP contribution in [-0.2, 0) is 14.4 Å². The zero-order valence-electron chi connectivity index (χ0n) is 13.2. The lowest BCUT2D eigenvalue weighted by atomic mass is 9.76. The molecule has 1 saturated carbocycles. The smallest absolute Gasteiger partial charge is 0.303 e. The minimum absolute atomic E-state index is 0.0149. The number of aliphatic carboxylic acids is 1. The number of aliphatic imine (C=N–C) groups is 1. The Balaban J connectivity index is 2.03. The Morgan fingerprint density at radius 2 is 1.92 bits per heavy atom. The molecule has 24 heavy (non-hydrogen) atoms. The maximum absolute atomic E-state index is 12.5. The SMILES string of the molecule is O=C(O)CCCN=CC1C(=O)CCC(C(=O)c2ccccc2)C1=O. The molecule has 0 radical (unpaired) electrons. The summed E-state index contributed by atoms with van der Waals surface area (Å²) < 4.78 is 0. The van der Waals surface area contributed by atoms with Gasteiger partial charge < -0.3 is 5.11 Å². The van der Waals surface area contributed by atoms with Gasteiger partial charge in [-0.05, 0) is 12.8 Å². The first kappa shape index (κ1) is 17.7. The number of hydrogen-bond acceptors (Lipinski definition) is 5. The molecule has 2 unspecified atom stereocenters. The van der Waals surface area contributed by atoms with Gasteiger partial charge in [0.05, 0.1) is 5.92 Å². The molecule has 6 nitrogen and oxygen atoms in total. The van der Waals surface area contributed by atoms with Gasteiger partial charge in [0, 0.05) is 31.2 Å². The van der Waals surface area contributed by atoms with E-state index in [1.165, 1.54) is 6.21 Å². The van der Waals surface area contributed by atoms with Gasteiger partial charge >= 0.3 is 5.97 Å². The summed E-state index contributed by atoms with van der Waals surface area (Å²) in [5, 5.41) is 8.55. The summed E-state index contributed by atoms with van der Waals surface area (Å²) in [5.74, 6) is -3.65. The molecule has 1 aliphatic rings. The van der Waals surface area contributed by atoms with Crippen molar-refractivity contribution in [2.24, 2.45) is 16.8 Å². The van der Waals surface area contributed by atoms with Crippen molar-refractivity contribution in [3.05, 3.63) is 35.9 Å². The fraction of sp³-hybridized carbons (Fsp3) is 0.389. The fourth-order valence-corrected chi connectivity index (χ4v) is 2.68. The maximum atomic E-state index is 12.5. The van der Waals surface area contributed by atoms with Crippen LogP contribution >= 0.6 is 0 Å². The van der Waals surface area contributed by atoms with Gasteiger partial charge in [0.15, 0.2) is 11.6 Å². The fourth-order valence-electron chi connectivity index (χ4n) is 2.68. The van der Waals surface area contributed by atoms with E-state index in [1.54, 1.807) is 30.3 Å². The van der Waals surface area contributed by atoms with Gasteiger partial charge in [0.1, 0.15) is 11.7 Å². The van der Waals surface area contributed by atoms with E-state index in [-0.39, 0.29) is 37.4 Å². The molecule has 1 aromatic carbocycles. The van der Waals surface area contributed by atoms with E-state index < -0.39 is 23.6 Å². The molecule has 0 amide bonds. The molecule has 1 aromatic rings. The van der Waals surface area contributed by atoms with Crippen molar-refractivity contribution in [3.8, 4) is 0 Å². The molecule has 0 saturated heterocycles. The van der Waals surface area contributed by atoms with E-state index in [9.17, 15) is 19.2 Å². The highest BCUT2D eigenvalue weighted by Gasteiger charge is 2.39. The van der Waals surface area contributed by atoms with Crippen molar-refractivity contribution in [2.45, 2.75) is 25.7 Å². The molecular weight excluding hydrogens is 310 g/mol. The first-order valence-corrected chi connectivity index (χ1v) is 7.88. The Hall–Kier alpha value is -2.63. The van der Waals surface area contributed by atoms with Crippen LogP contribution in [0.1, 0.15) is 36.0 Å². The van der Waals surface area contributed by atoms with Crippen LogP contribution < -0.4 is 0 Å². The quantitative estimate of drug-likeness (QED) is 0.357. The number of carbonyl (C=O) groups is 4. The molecule has 0 bridgehead atoms. The standard InChI is InChI=1S/C18H19NO5/c20-15-9-8-13(17(23)12-5-2-1-3-6-12)18(24)14(15)11-19-10-4-7-16(21)22/h1-3,5-6,11,13-14H,4,7-10H2,(H,21,22). The Bertz CT molecular complexity index is 665. The van der Waals surface area contributed by atoms with Crippen LogP contribution in [-0.4, -0.2) is 41.2 Å². The Morgan fingerprint density at radius 3 is 2.58 bits per heavy atom. The molecule has 0 spiro atoms. The largest absolute Gasteiger partial charge is 0.481 e. The van der Waals surface area contributed by atoms with Gasteiger partial charge in [-0.25, -0.2) is 0 Å². The topological polar surface area (TPSA) is 101 Å². The zero-order valence-corrected chi connectivity index (χ0v) is 13.2. The first-order valence-electron chi connectivity index (χ1n) is 7.88. The number of nitrogens with zero attached hydrogens (tertiary/aromatic N) is 1. The number of ketones is 3. The number of rotatable bonds is 7. The minimum Gasteiger partial charge on any atom is -0.481 e. The lowest BCUT2D eigenvalue weighted by Gasteiger charge is -2.23. The van der Waals surface area contributed by atoms with Crippen LogP contribution in [0.25, 0.3) is 0 Å². The van der Waals surface area contributed by atoms with Crippen LogP contribution in [0, 0.1) is 11.8 Å². The van der Waals surface area contributed by atoms with Crippen molar-refractivity contribution in [1.29, 1.82) is 0 Å². The summed E-state index contributed by atoms with van der Waals surface area (Å²) in [4.78, 5) is 51.3. The highest BCUT2D eigenvalue weighted by molar-refractivity contribution is 6.23. The van der Waals surface area contributed by atoms with Crippen LogP contribution in [0.4, 0.5) is 0 Å². The second kappa shape index (κ2) is 8.29. The molecular formula is C18H19NO5. The lowest BCUT2D eigenvalue weighted by Crippen LogP contribution is -2.40. The van der Waals surface area contributed by atoms with E-state index in [0.29, 0.717) is 12.0 Å². The number of carbonyl (C=O) groups excluding carboxylic acids is 3. The molecule has 6 heteroatoms. The molecule has 0 heterocycles. The number of carboxylic acids is 1. The van der Waals surface area contributed by atoms with Crippen molar-refractivity contribution in [3.63, 3.8) is 0 Å². The molecule has 2 atom stereocenters. The Morgan fingerprint density at radius 1 is 1.21 bits per heavy atom. The van der Waals surface area contributed by atoms with Gasteiger partial charge in [-0.2, -0.15) is 0 Å². The number of carboxylic acid groups (broad SMARTS) is 1. The van der Waals surface area contributed by atoms with E-state index in [1.807, 2.05) is 0 Å². The van der Waals surface area contributed by atoms with E-state index in [2.05, 4.69) is 4.99 Å². The van der Waals surface area contributed by atoms with Crippen molar-refractivity contribution in [1.82, 2.24) is 0 Å². The van der Waals surface area contributed by atoms with Crippen molar-refractivity contribution >= 4 is 29.5 Å². The third-order valence-corrected chi connectivity index (χ3v) is 3.98. The number of benzene rings is 1. The number of hydrogen-bond donors (Lipinski definition) is 1. The van der Waals surface area contributed by atoms with Gasteiger partial charge in [-0.3, -0.25) is 24.2 Å². The second-order valence-electron chi connectivity index (χ2n) is 5.72. The van der Waals surface area contributed by atoms with Crippen LogP contribution in [0.5, 0.6) is 0 Å². The molecule has 1 fully saturated rings. The highest BCUT2D eigenvalue weighted by atomic mass is 16.4. The molecule has 2 rings (SSSR count). The summed E-state index contributed by atoms with van der Waals surface area (Å²) in [7, 11) is 0. The van der Waals surface area contributed by atoms with Crippen molar-refractivity contribution < 1.29 is 24.3 Å². The minimum atomic E-state index is -0.999. The van der Waals surface area contributed by atoms with E-state index in [0.717, 1.165) is 0 Å². The summed E-state index contributed by atoms with van der Waals surface area (Å²) in [6.07, 6.45) is 2.00. The van der Waals surface area contributed by atoms with Crippen molar-refractivity contribution in [2.75, 3.05) is 6.54 Å². The van der Waals surface area contributed by atoms with Crippen LogP contribution in [0.3, 0.4) is 0 Å². The summed E-state index contributed by atoms with van der Waals surface area (Å²) in [6.45, 7) is 0.237. The average Bonchev–Trinajstić information content (AvgIpc) is 2.57. The third kappa shape index (κ3) is 4.44. The Kier molecular flexibility index (Phi) is 6.12. The molecule has 0 aliphatic heterocycles. The van der Waals surface area contributed by atoms with Crippen LogP contribution in [0.15, 0.2) is 35.3 Å².